The number of hydrogen-bond donors (Lipinski definition) is 1. The van der Waals surface area contributed by atoms with Crippen LogP contribution < -0.4 is 5.73 Å². The fourth-order valence-corrected chi connectivity index (χ4v) is 1.53. The smallest absolute Gasteiger partial charge is 0.292 e. The number of benzene rings is 1. The van der Waals surface area contributed by atoms with Crippen molar-refractivity contribution < 1.29 is 4.42 Å². The normalized spacial score (nSPS) is 10.4. The first-order valence-corrected chi connectivity index (χ1v) is 4.54. The maximum atomic E-state index is 6.01. The van der Waals surface area contributed by atoms with Crippen molar-refractivity contribution in [3.63, 3.8) is 0 Å². The molecule has 0 unspecified atom stereocenters. The number of hydrogen-bond acceptors (Lipinski definition) is 3. The number of halogens is 1. The molecule has 0 aliphatic heterocycles. The fourth-order valence-electron chi connectivity index (χ4n) is 1.31. The zero-order valence-corrected chi connectivity index (χ0v) is 8.38. The number of nitrogens with zero attached hydrogens (tertiary/aromatic N) is 1. The monoisotopic (exact) mass is 208 g/mol. The highest BCUT2D eigenvalue weighted by Crippen LogP contribution is 2.31. The summed E-state index contributed by atoms with van der Waals surface area (Å²) >= 11 is 6.01. The van der Waals surface area contributed by atoms with Gasteiger partial charge in [-0.3, -0.25) is 0 Å². The summed E-state index contributed by atoms with van der Waals surface area (Å²) in [5.74, 6) is 0.633. The summed E-state index contributed by atoms with van der Waals surface area (Å²) in [6.45, 7) is 1.83. The third-order valence-electron chi connectivity index (χ3n) is 1.93. The Bertz CT molecular complexity index is 465. The van der Waals surface area contributed by atoms with Crippen LogP contribution in [0, 0.1) is 6.92 Å². The molecule has 3 nitrogen and oxygen atoms in total. The number of rotatable bonds is 1. The zero-order chi connectivity index (χ0) is 10.1. The van der Waals surface area contributed by atoms with Crippen LogP contribution >= 0.6 is 11.6 Å². The van der Waals surface area contributed by atoms with Crippen molar-refractivity contribution in [3.05, 3.63) is 35.0 Å². The minimum absolute atomic E-state index is 0.164. The largest absolute Gasteiger partial charge is 0.423 e. The first-order chi connectivity index (χ1) is 6.68. The topological polar surface area (TPSA) is 52.0 Å². The minimum Gasteiger partial charge on any atom is -0.423 e. The van der Waals surface area contributed by atoms with E-state index in [0.29, 0.717) is 10.8 Å². The van der Waals surface area contributed by atoms with E-state index in [4.69, 9.17) is 21.8 Å². The lowest BCUT2D eigenvalue weighted by Gasteiger charge is -1.99. The number of anilines is 1. The van der Waals surface area contributed by atoms with Gasteiger partial charge in [0.1, 0.15) is 0 Å². The van der Waals surface area contributed by atoms with E-state index in [0.717, 1.165) is 11.3 Å². The molecule has 0 atom stereocenters. The van der Waals surface area contributed by atoms with Gasteiger partial charge in [-0.25, -0.2) is 0 Å². The Morgan fingerprint density at radius 1 is 1.36 bits per heavy atom. The van der Waals surface area contributed by atoms with E-state index in [-0.39, 0.29) is 6.01 Å². The lowest BCUT2D eigenvalue weighted by molar-refractivity contribution is 0.594. The second-order valence-corrected chi connectivity index (χ2v) is 3.35. The van der Waals surface area contributed by atoms with E-state index in [9.17, 15) is 0 Å². The Hall–Kier alpha value is -1.48. The molecule has 14 heavy (non-hydrogen) atoms. The van der Waals surface area contributed by atoms with Crippen LogP contribution in [0.15, 0.2) is 28.7 Å². The van der Waals surface area contributed by atoms with Crippen LogP contribution in [0.4, 0.5) is 6.01 Å². The highest BCUT2D eigenvalue weighted by molar-refractivity contribution is 6.33. The molecule has 1 heterocycles. The van der Waals surface area contributed by atoms with E-state index in [1.807, 2.05) is 25.1 Å². The molecule has 0 aliphatic rings. The maximum Gasteiger partial charge on any atom is 0.292 e. The molecule has 4 heteroatoms. The van der Waals surface area contributed by atoms with Crippen LogP contribution in [0.2, 0.25) is 5.02 Å². The molecule has 1 aromatic heterocycles. The van der Waals surface area contributed by atoms with Crippen LogP contribution in [-0.2, 0) is 0 Å². The second-order valence-electron chi connectivity index (χ2n) is 2.95. The van der Waals surface area contributed by atoms with Gasteiger partial charge in [0.2, 0.25) is 0 Å². The van der Waals surface area contributed by atoms with Crippen LogP contribution in [-0.4, -0.2) is 4.98 Å². The number of aryl methyl sites for hydroxylation is 1. The number of oxazole rings is 1. The highest BCUT2D eigenvalue weighted by Gasteiger charge is 2.12. The molecule has 0 saturated heterocycles. The van der Waals surface area contributed by atoms with Crippen molar-refractivity contribution >= 4 is 17.6 Å². The van der Waals surface area contributed by atoms with Crippen molar-refractivity contribution in [2.24, 2.45) is 0 Å². The third kappa shape index (κ3) is 1.46. The molecule has 72 valence electrons. The molecule has 0 aliphatic carbocycles. The summed E-state index contributed by atoms with van der Waals surface area (Å²) in [5, 5.41) is 0.631. The van der Waals surface area contributed by atoms with Crippen molar-refractivity contribution in [2.75, 3.05) is 5.73 Å². The third-order valence-corrected chi connectivity index (χ3v) is 2.26. The SMILES string of the molecule is Cc1nc(N)oc1-c1ccccc1Cl. The second kappa shape index (κ2) is 3.35. The summed E-state index contributed by atoms with van der Waals surface area (Å²) in [4.78, 5) is 3.98. The molecule has 2 rings (SSSR count). The molecule has 0 bridgehead atoms. The van der Waals surface area contributed by atoms with Crippen molar-refractivity contribution in [1.82, 2.24) is 4.98 Å². The average molecular weight is 209 g/mol. The molecule has 0 spiro atoms. The van der Waals surface area contributed by atoms with E-state index in [1.54, 1.807) is 6.07 Å². The summed E-state index contributed by atoms with van der Waals surface area (Å²) < 4.78 is 5.26. The van der Waals surface area contributed by atoms with Gasteiger partial charge in [0.05, 0.1) is 10.7 Å². The van der Waals surface area contributed by atoms with Crippen LogP contribution in [0.25, 0.3) is 11.3 Å². The zero-order valence-electron chi connectivity index (χ0n) is 7.62. The summed E-state index contributed by atoms with van der Waals surface area (Å²) in [6, 6.07) is 7.59. The van der Waals surface area contributed by atoms with Gasteiger partial charge in [-0.2, -0.15) is 4.98 Å². The Labute approximate surface area is 86.5 Å². The van der Waals surface area contributed by atoms with Crippen LogP contribution in [0.1, 0.15) is 5.69 Å². The Morgan fingerprint density at radius 3 is 2.64 bits per heavy atom. The Morgan fingerprint density at radius 2 is 2.07 bits per heavy atom. The minimum atomic E-state index is 0.164. The van der Waals surface area contributed by atoms with E-state index in [1.165, 1.54) is 0 Å². The van der Waals surface area contributed by atoms with Crippen LogP contribution in [0.3, 0.4) is 0 Å². The lowest BCUT2D eigenvalue weighted by Crippen LogP contribution is -1.81. The van der Waals surface area contributed by atoms with Gasteiger partial charge in [-0.1, -0.05) is 23.7 Å². The van der Waals surface area contributed by atoms with Gasteiger partial charge in [0.15, 0.2) is 5.76 Å². The van der Waals surface area contributed by atoms with Crippen LogP contribution in [0.5, 0.6) is 0 Å². The van der Waals surface area contributed by atoms with Gasteiger partial charge >= 0.3 is 0 Å². The summed E-state index contributed by atoms with van der Waals surface area (Å²) in [5.41, 5.74) is 7.01. The van der Waals surface area contributed by atoms with E-state index < -0.39 is 0 Å². The molecule has 1 aromatic carbocycles. The van der Waals surface area contributed by atoms with Crippen molar-refractivity contribution in [2.45, 2.75) is 6.92 Å². The predicted octanol–water partition coefficient (Wildman–Crippen LogP) is 2.89. The molecule has 0 radical (unpaired) electrons. The number of nitrogens with two attached hydrogens (primary N) is 1. The highest BCUT2D eigenvalue weighted by atomic mass is 35.5. The van der Waals surface area contributed by atoms with Gasteiger partial charge in [0, 0.05) is 5.56 Å². The molecular formula is C10H9ClN2O. The molecule has 0 amide bonds. The lowest BCUT2D eigenvalue weighted by atomic mass is 10.1. The fraction of sp³-hybridized carbons (Fsp3) is 0.100. The molecule has 2 aromatic rings. The predicted molar refractivity (Wildman–Crippen MR) is 56.1 cm³/mol. The van der Waals surface area contributed by atoms with E-state index in [2.05, 4.69) is 4.98 Å². The van der Waals surface area contributed by atoms with E-state index >= 15 is 0 Å². The van der Waals surface area contributed by atoms with Gasteiger partial charge in [-0.05, 0) is 19.1 Å². The maximum absolute atomic E-state index is 6.01. The van der Waals surface area contributed by atoms with Gasteiger partial charge in [0.25, 0.3) is 6.01 Å². The number of nitrogen functional groups attached to an aromatic ring is 1. The molecule has 0 fully saturated rings. The molecular weight excluding hydrogens is 200 g/mol. The van der Waals surface area contributed by atoms with Crippen molar-refractivity contribution in [3.8, 4) is 11.3 Å². The van der Waals surface area contributed by atoms with Gasteiger partial charge < -0.3 is 10.2 Å². The first kappa shape index (κ1) is 9.09. The van der Waals surface area contributed by atoms with Gasteiger partial charge in [-0.15, -0.1) is 0 Å². The Balaban J connectivity index is 2.60. The average Bonchev–Trinajstić information content (AvgIpc) is 2.46. The first-order valence-electron chi connectivity index (χ1n) is 4.16. The quantitative estimate of drug-likeness (QED) is 0.784. The summed E-state index contributed by atoms with van der Waals surface area (Å²) in [6.07, 6.45) is 0. The Kier molecular flexibility index (Phi) is 2.17. The standard InChI is InChI=1S/C10H9ClN2O/c1-6-9(14-10(12)13-6)7-4-2-3-5-8(7)11/h2-5H,1H3,(H2,12,13). The molecule has 2 N–H and O–H groups in total. The summed E-state index contributed by atoms with van der Waals surface area (Å²) in [7, 11) is 0. The molecule has 0 saturated carbocycles. The van der Waals surface area contributed by atoms with Crippen molar-refractivity contribution in [1.29, 1.82) is 0 Å². The number of aromatic nitrogens is 1.